The molecule has 2 heterocycles. The number of nitrogens with two attached hydrogens (primary N) is 1. The summed E-state index contributed by atoms with van der Waals surface area (Å²) in [5, 5.41) is 0. The third-order valence-electron chi connectivity index (χ3n) is 3.32. The number of pyridine rings is 1. The van der Waals surface area contributed by atoms with E-state index >= 15 is 0 Å². The zero-order valence-corrected chi connectivity index (χ0v) is 11.6. The van der Waals surface area contributed by atoms with Crippen molar-refractivity contribution in [2.75, 3.05) is 37.6 Å². The molecule has 0 spiro atoms. The first kappa shape index (κ1) is 13.2. The molecule has 1 aliphatic rings. The number of thiocarbonyl (C=S) groups is 1. The Morgan fingerprint density at radius 2 is 2.11 bits per heavy atom. The van der Waals surface area contributed by atoms with Crippen LogP contribution in [0.25, 0.3) is 0 Å². The smallest absolute Gasteiger partial charge is 0.106 e. The van der Waals surface area contributed by atoms with Crippen molar-refractivity contribution in [1.29, 1.82) is 0 Å². The SMILES string of the molecule is CCCN1CCN(c2cnccc2C(N)=S)CC1. The van der Waals surface area contributed by atoms with Gasteiger partial charge >= 0.3 is 0 Å². The maximum atomic E-state index is 5.76. The fourth-order valence-electron chi connectivity index (χ4n) is 2.38. The Balaban J connectivity index is 2.07. The average Bonchev–Trinajstić information content (AvgIpc) is 2.40. The summed E-state index contributed by atoms with van der Waals surface area (Å²) >= 11 is 5.10. The molecule has 4 nitrogen and oxygen atoms in total. The number of aromatic nitrogens is 1. The van der Waals surface area contributed by atoms with E-state index in [0.717, 1.165) is 37.4 Å². The van der Waals surface area contributed by atoms with E-state index in [0.29, 0.717) is 4.99 Å². The molecular formula is C13H20N4S. The molecule has 1 saturated heterocycles. The molecule has 0 aromatic carbocycles. The first-order chi connectivity index (χ1) is 8.72. The molecule has 1 aromatic heterocycles. The highest BCUT2D eigenvalue weighted by Crippen LogP contribution is 2.20. The molecule has 1 aromatic rings. The summed E-state index contributed by atoms with van der Waals surface area (Å²) in [5.74, 6) is 0. The molecule has 0 amide bonds. The van der Waals surface area contributed by atoms with Gasteiger partial charge in [-0.3, -0.25) is 9.88 Å². The maximum Gasteiger partial charge on any atom is 0.106 e. The van der Waals surface area contributed by atoms with Crippen LogP contribution in [0.4, 0.5) is 5.69 Å². The number of nitrogens with zero attached hydrogens (tertiary/aromatic N) is 3. The maximum absolute atomic E-state index is 5.76. The lowest BCUT2D eigenvalue weighted by Crippen LogP contribution is -2.47. The van der Waals surface area contributed by atoms with Crippen LogP contribution in [0.2, 0.25) is 0 Å². The van der Waals surface area contributed by atoms with E-state index in [4.69, 9.17) is 18.0 Å². The highest BCUT2D eigenvalue weighted by atomic mass is 32.1. The van der Waals surface area contributed by atoms with Crippen LogP contribution < -0.4 is 10.6 Å². The zero-order valence-electron chi connectivity index (χ0n) is 10.8. The third kappa shape index (κ3) is 2.97. The summed E-state index contributed by atoms with van der Waals surface area (Å²) in [6.07, 6.45) is 4.82. The molecule has 2 rings (SSSR count). The molecule has 0 aliphatic carbocycles. The second-order valence-electron chi connectivity index (χ2n) is 4.59. The molecule has 98 valence electrons. The Hall–Kier alpha value is -1.20. The number of rotatable bonds is 4. The Morgan fingerprint density at radius 3 is 2.72 bits per heavy atom. The normalized spacial score (nSPS) is 16.8. The summed E-state index contributed by atoms with van der Waals surface area (Å²) in [6, 6.07) is 1.90. The van der Waals surface area contributed by atoms with Gasteiger partial charge in [0.1, 0.15) is 4.99 Å². The quantitative estimate of drug-likeness (QED) is 0.829. The number of piperazine rings is 1. The number of hydrogen-bond acceptors (Lipinski definition) is 4. The van der Waals surface area contributed by atoms with E-state index in [1.54, 1.807) is 6.20 Å². The van der Waals surface area contributed by atoms with Crippen molar-refractivity contribution in [2.24, 2.45) is 5.73 Å². The summed E-state index contributed by atoms with van der Waals surface area (Å²) in [4.78, 5) is 9.46. The number of hydrogen-bond donors (Lipinski definition) is 1. The van der Waals surface area contributed by atoms with Gasteiger partial charge in [-0.15, -0.1) is 0 Å². The van der Waals surface area contributed by atoms with Crippen molar-refractivity contribution in [3.8, 4) is 0 Å². The second kappa shape index (κ2) is 6.11. The van der Waals surface area contributed by atoms with Gasteiger partial charge in [0.05, 0.1) is 11.9 Å². The van der Waals surface area contributed by atoms with E-state index in [2.05, 4.69) is 21.7 Å². The molecular weight excluding hydrogens is 244 g/mol. The van der Waals surface area contributed by atoms with Crippen molar-refractivity contribution in [3.63, 3.8) is 0 Å². The first-order valence-electron chi connectivity index (χ1n) is 6.43. The van der Waals surface area contributed by atoms with Crippen molar-refractivity contribution >= 4 is 22.9 Å². The minimum Gasteiger partial charge on any atom is -0.389 e. The van der Waals surface area contributed by atoms with Gasteiger partial charge < -0.3 is 10.6 Å². The molecule has 1 aliphatic heterocycles. The lowest BCUT2D eigenvalue weighted by atomic mass is 10.2. The third-order valence-corrected chi connectivity index (χ3v) is 3.54. The van der Waals surface area contributed by atoms with Gasteiger partial charge in [0.2, 0.25) is 0 Å². The van der Waals surface area contributed by atoms with Crippen LogP contribution in [0, 0.1) is 0 Å². The predicted octanol–water partition coefficient (Wildman–Crippen LogP) is 1.25. The summed E-state index contributed by atoms with van der Waals surface area (Å²) in [6.45, 7) is 7.63. The summed E-state index contributed by atoms with van der Waals surface area (Å²) < 4.78 is 0. The lowest BCUT2D eigenvalue weighted by molar-refractivity contribution is 0.258. The molecule has 0 radical (unpaired) electrons. The van der Waals surface area contributed by atoms with Crippen LogP contribution in [-0.2, 0) is 0 Å². The summed E-state index contributed by atoms with van der Waals surface area (Å²) in [5.41, 5.74) is 7.77. The fraction of sp³-hybridized carbons (Fsp3) is 0.538. The van der Waals surface area contributed by atoms with Gasteiger partial charge in [-0.2, -0.15) is 0 Å². The minimum atomic E-state index is 0.448. The van der Waals surface area contributed by atoms with E-state index < -0.39 is 0 Å². The zero-order chi connectivity index (χ0) is 13.0. The fourth-order valence-corrected chi connectivity index (χ4v) is 2.55. The van der Waals surface area contributed by atoms with Crippen LogP contribution >= 0.6 is 12.2 Å². The van der Waals surface area contributed by atoms with E-state index in [-0.39, 0.29) is 0 Å². The second-order valence-corrected chi connectivity index (χ2v) is 5.03. The predicted molar refractivity (Wildman–Crippen MR) is 79.1 cm³/mol. The van der Waals surface area contributed by atoms with Crippen molar-refractivity contribution in [1.82, 2.24) is 9.88 Å². The summed E-state index contributed by atoms with van der Waals surface area (Å²) in [7, 11) is 0. The van der Waals surface area contributed by atoms with Crippen LogP contribution in [0.5, 0.6) is 0 Å². The average molecular weight is 264 g/mol. The van der Waals surface area contributed by atoms with E-state index in [9.17, 15) is 0 Å². The van der Waals surface area contributed by atoms with E-state index in [1.165, 1.54) is 13.0 Å². The van der Waals surface area contributed by atoms with Gasteiger partial charge in [-0.25, -0.2) is 0 Å². The molecule has 0 bridgehead atoms. The van der Waals surface area contributed by atoms with Crippen molar-refractivity contribution < 1.29 is 0 Å². The molecule has 0 saturated carbocycles. The van der Waals surface area contributed by atoms with Crippen molar-refractivity contribution in [2.45, 2.75) is 13.3 Å². The molecule has 5 heteroatoms. The monoisotopic (exact) mass is 264 g/mol. The highest BCUT2D eigenvalue weighted by Gasteiger charge is 2.19. The Kier molecular flexibility index (Phi) is 4.49. The van der Waals surface area contributed by atoms with Crippen LogP contribution in [0.1, 0.15) is 18.9 Å². The van der Waals surface area contributed by atoms with Gasteiger partial charge in [-0.05, 0) is 19.0 Å². The van der Waals surface area contributed by atoms with Crippen molar-refractivity contribution in [3.05, 3.63) is 24.0 Å². The Bertz CT molecular complexity index is 413. The van der Waals surface area contributed by atoms with E-state index in [1.807, 2.05) is 12.3 Å². The molecule has 2 N–H and O–H groups in total. The Morgan fingerprint density at radius 1 is 1.39 bits per heavy atom. The molecule has 1 fully saturated rings. The van der Waals surface area contributed by atoms with Crippen LogP contribution in [-0.4, -0.2) is 47.6 Å². The lowest BCUT2D eigenvalue weighted by Gasteiger charge is -2.36. The van der Waals surface area contributed by atoms with Crippen LogP contribution in [0.3, 0.4) is 0 Å². The highest BCUT2D eigenvalue weighted by molar-refractivity contribution is 7.80. The topological polar surface area (TPSA) is 45.4 Å². The molecule has 18 heavy (non-hydrogen) atoms. The minimum absolute atomic E-state index is 0.448. The number of anilines is 1. The largest absolute Gasteiger partial charge is 0.389 e. The molecule has 0 atom stereocenters. The van der Waals surface area contributed by atoms with Gasteiger partial charge in [0.15, 0.2) is 0 Å². The standard InChI is InChI=1S/C13H20N4S/c1-2-5-16-6-8-17(9-7-16)12-10-15-4-3-11(12)13(14)18/h3-4,10H,2,5-9H2,1H3,(H2,14,18). The Labute approximate surface area is 114 Å². The van der Waals surface area contributed by atoms with Gasteiger partial charge in [0, 0.05) is 37.9 Å². The van der Waals surface area contributed by atoms with Gasteiger partial charge in [0.25, 0.3) is 0 Å². The van der Waals surface area contributed by atoms with Gasteiger partial charge in [-0.1, -0.05) is 19.1 Å². The van der Waals surface area contributed by atoms with Crippen LogP contribution in [0.15, 0.2) is 18.5 Å². The first-order valence-corrected chi connectivity index (χ1v) is 6.84. The molecule has 0 unspecified atom stereocenters.